The van der Waals surface area contributed by atoms with Gasteiger partial charge >= 0.3 is 5.97 Å². The first-order valence-electron chi connectivity index (χ1n) is 4.74. The molecule has 1 rings (SSSR count). The van der Waals surface area contributed by atoms with Crippen LogP contribution in [0.4, 0.5) is 0 Å². The zero-order valence-electron chi connectivity index (χ0n) is 8.70. The summed E-state index contributed by atoms with van der Waals surface area (Å²) in [6.07, 6.45) is 0.808. The Morgan fingerprint density at radius 3 is 2.46 bits per heavy atom. The number of carboxylic acid groups (broad SMARTS) is 1. The standard InChI is InChI=1S/C10H18O3/c1-6-5-10(3,4)13-8(6)7(2)9(11)12/h6-8H,5H2,1-4H3,(H,11,12). The minimum Gasteiger partial charge on any atom is -0.481 e. The van der Waals surface area contributed by atoms with Crippen LogP contribution in [0.3, 0.4) is 0 Å². The van der Waals surface area contributed by atoms with Crippen LogP contribution in [-0.4, -0.2) is 22.8 Å². The van der Waals surface area contributed by atoms with E-state index in [4.69, 9.17) is 9.84 Å². The molecule has 3 unspecified atom stereocenters. The Morgan fingerprint density at radius 1 is 1.62 bits per heavy atom. The first-order valence-corrected chi connectivity index (χ1v) is 4.74. The molecule has 3 nitrogen and oxygen atoms in total. The lowest BCUT2D eigenvalue weighted by atomic mass is 9.90. The van der Waals surface area contributed by atoms with Crippen molar-refractivity contribution in [1.82, 2.24) is 0 Å². The maximum atomic E-state index is 10.8. The van der Waals surface area contributed by atoms with E-state index in [-0.39, 0.29) is 11.7 Å². The number of ether oxygens (including phenoxy) is 1. The summed E-state index contributed by atoms with van der Waals surface area (Å²) < 4.78 is 5.70. The van der Waals surface area contributed by atoms with E-state index < -0.39 is 11.9 Å². The van der Waals surface area contributed by atoms with E-state index >= 15 is 0 Å². The largest absolute Gasteiger partial charge is 0.481 e. The number of aliphatic carboxylic acids is 1. The third-order valence-corrected chi connectivity index (χ3v) is 2.71. The molecule has 0 saturated carbocycles. The van der Waals surface area contributed by atoms with Crippen LogP contribution in [0.1, 0.15) is 34.1 Å². The third kappa shape index (κ3) is 2.21. The van der Waals surface area contributed by atoms with Gasteiger partial charge in [0.25, 0.3) is 0 Å². The molecule has 3 heteroatoms. The predicted octanol–water partition coefficient (Wildman–Crippen LogP) is 1.91. The highest BCUT2D eigenvalue weighted by Crippen LogP contribution is 2.37. The van der Waals surface area contributed by atoms with Gasteiger partial charge in [-0.05, 0) is 33.1 Å². The Bertz CT molecular complexity index is 210. The van der Waals surface area contributed by atoms with Crippen molar-refractivity contribution in [3.05, 3.63) is 0 Å². The number of carbonyl (C=O) groups is 1. The molecule has 13 heavy (non-hydrogen) atoms. The number of hydrogen-bond donors (Lipinski definition) is 1. The van der Waals surface area contributed by atoms with Gasteiger partial charge in [0, 0.05) is 0 Å². The van der Waals surface area contributed by atoms with Crippen LogP contribution in [0.25, 0.3) is 0 Å². The second kappa shape index (κ2) is 3.29. The van der Waals surface area contributed by atoms with Crippen LogP contribution in [0.2, 0.25) is 0 Å². The van der Waals surface area contributed by atoms with Crippen molar-refractivity contribution >= 4 is 5.97 Å². The van der Waals surface area contributed by atoms with Gasteiger partial charge in [-0.3, -0.25) is 4.79 Å². The monoisotopic (exact) mass is 186 g/mol. The molecular weight excluding hydrogens is 168 g/mol. The number of hydrogen-bond acceptors (Lipinski definition) is 2. The van der Waals surface area contributed by atoms with Crippen molar-refractivity contribution in [2.45, 2.75) is 45.8 Å². The molecule has 0 amide bonds. The van der Waals surface area contributed by atoms with Gasteiger partial charge in [-0.15, -0.1) is 0 Å². The lowest BCUT2D eigenvalue weighted by Crippen LogP contribution is -2.30. The summed E-state index contributed by atoms with van der Waals surface area (Å²) in [6.45, 7) is 7.79. The van der Waals surface area contributed by atoms with Gasteiger partial charge in [-0.2, -0.15) is 0 Å². The molecular formula is C10H18O3. The first-order chi connectivity index (χ1) is 5.83. The topological polar surface area (TPSA) is 46.5 Å². The summed E-state index contributed by atoms with van der Waals surface area (Å²) in [5.74, 6) is -0.840. The minimum absolute atomic E-state index is 0.132. The summed E-state index contributed by atoms with van der Waals surface area (Å²) in [6, 6.07) is 0. The van der Waals surface area contributed by atoms with E-state index in [0.29, 0.717) is 5.92 Å². The van der Waals surface area contributed by atoms with Crippen molar-refractivity contribution < 1.29 is 14.6 Å². The molecule has 1 aliphatic rings. The molecule has 0 aromatic rings. The SMILES string of the molecule is CC1CC(C)(C)OC1C(C)C(=O)O. The summed E-state index contributed by atoms with van der Waals surface area (Å²) in [5.41, 5.74) is -0.159. The van der Waals surface area contributed by atoms with Crippen LogP contribution in [0.5, 0.6) is 0 Å². The fourth-order valence-corrected chi connectivity index (χ4v) is 2.16. The van der Waals surface area contributed by atoms with Gasteiger partial charge in [0.1, 0.15) is 0 Å². The Hall–Kier alpha value is -0.570. The Morgan fingerprint density at radius 2 is 2.15 bits per heavy atom. The van der Waals surface area contributed by atoms with Crippen molar-refractivity contribution in [2.24, 2.45) is 11.8 Å². The van der Waals surface area contributed by atoms with Crippen LogP contribution in [-0.2, 0) is 9.53 Å². The highest BCUT2D eigenvalue weighted by molar-refractivity contribution is 5.70. The van der Waals surface area contributed by atoms with Crippen LogP contribution < -0.4 is 0 Å². The second-order valence-electron chi connectivity index (χ2n) is 4.65. The molecule has 0 radical (unpaired) electrons. The maximum Gasteiger partial charge on any atom is 0.308 e. The highest BCUT2D eigenvalue weighted by Gasteiger charge is 2.42. The zero-order valence-corrected chi connectivity index (χ0v) is 8.70. The van der Waals surface area contributed by atoms with E-state index in [2.05, 4.69) is 6.92 Å². The van der Waals surface area contributed by atoms with Crippen LogP contribution in [0.15, 0.2) is 0 Å². The first kappa shape index (κ1) is 10.5. The molecule has 0 spiro atoms. The van der Waals surface area contributed by atoms with E-state index in [0.717, 1.165) is 6.42 Å². The zero-order chi connectivity index (χ0) is 10.2. The van der Waals surface area contributed by atoms with Gasteiger partial charge in [0.05, 0.1) is 17.6 Å². The Balaban J connectivity index is 2.67. The smallest absolute Gasteiger partial charge is 0.308 e. The average molecular weight is 186 g/mol. The molecule has 1 heterocycles. The minimum atomic E-state index is -0.769. The molecule has 1 fully saturated rings. The molecule has 0 aromatic carbocycles. The van der Waals surface area contributed by atoms with Gasteiger partial charge in [-0.25, -0.2) is 0 Å². The van der Waals surface area contributed by atoms with Crippen molar-refractivity contribution in [3.8, 4) is 0 Å². The van der Waals surface area contributed by atoms with E-state index in [9.17, 15) is 4.79 Å². The lowest BCUT2D eigenvalue weighted by molar-refractivity contribution is -0.148. The molecule has 1 saturated heterocycles. The number of rotatable bonds is 2. The van der Waals surface area contributed by atoms with E-state index in [1.54, 1.807) is 6.92 Å². The van der Waals surface area contributed by atoms with E-state index in [1.165, 1.54) is 0 Å². The molecule has 0 aliphatic carbocycles. The van der Waals surface area contributed by atoms with Crippen molar-refractivity contribution in [3.63, 3.8) is 0 Å². The Kier molecular flexibility index (Phi) is 2.66. The third-order valence-electron chi connectivity index (χ3n) is 2.71. The fourth-order valence-electron chi connectivity index (χ4n) is 2.16. The van der Waals surface area contributed by atoms with Gasteiger partial charge in [0.15, 0.2) is 0 Å². The Labute approximate surface area is 79.1 Å². The second-order valence-corrected chi connectivity index (χ2v) is 4.65. The van der Waals surface area contributed by atoms with Gasteiger partial charge < -0.3 is 9.84 Å². The summed E-state index contributed by atoms with van der Waals surface area (Å²) >= 11 is 0. The van der Waals surface area contributed by atoms with Gasteiger partial charge in [-0.1, -0.05) is 6.92 Å². The molecule has 1 N–H and O–H groups in total. The molecule has 76 valence electrons. The number of carboxylic acids is 1. The summed E-state index contributed by atoms with van der Waals surface area (Å²) in [5, 5.41) is 8.85. The molecule has 0 aromatic heterocycles. The maximum absolute atomic E-state index is 10.8. The summed E-state index contributed by atoms with van der Waals surface area (Å²) in [4.78, 5) is 10.8. The van der Waals surface area contributed by atoms with Crippen molar-refractivity contribution in [2.75, 3.05) is 0 Å². The molecule has 1 aliphatic heterocycles. The predicted molar refractivity (Wildman–Crippen MR) is 49.5 cm³/mol. The van der Waals surface area contributed by atoms with Crippen molar-refractivity contribution in [1.29, 1.82) is 0 Å². The lowest BCUT2D eigenvalue weighted by Gasteiger charge is -2.22. The highest BCUT2D eigenvalue weighted by atomic mass is 16.5. The normalized spacial score (nSPS) is 34.5. The quantitative estimate of drug-likeness (QED) is 0.716. The van der Waals surface area contributed by atoms with Crippen LogP contribution >= 0.6 is 0 Å². The summed E-state index contributed by atoms with van der Waals surface area (Å²) in [7, 11) is 0. The van der Waals surface area contributed by atoms with Crippen LogP contribution in [0, 0.1) is 11.8 Å². The van der Waals surface area contributed by atoms with E-state index in [1.807, 2.05) is 13.8 Å². The molecule has 3 atom stereocenters. The van der Waals surface area contributed by atoms with Gasteiger partial charge in [0.2, 0.25) is 0 Å². The molecule has 0 bridgehead atoms. The fraction of sp³-hybridized carbons (Fsp3) is 0.900. The average Bonchev–Trinajstić information content (AvgIpc) is 2.22.